The summed E-state index contributed by atoms with van der Waals surface area (Å²) in [7, 11) is 0. The van der Waals surface area contributed by atoms with E-state index in [1.54, 1.807) is 4.90 Å². The van der Waals surface area contributed by atoms with Gasteiger partial charge in [0.25, 0.3) is 0 Å². The lowest BCUT2D eigenvalue weighted by atomic mass is 9.91. The molecule has 2 amide bonds. The van der Waals surface area contributed by atoms with Crippen LogP contribution >= 0.6 is 0 Å². The van der Waals surface area contributed by atoms with Crippen LogP contribution in [0.1, 0.15) is 50.7 Å². The highest BCUT2D eigenvalue weighted by Gasteiger charge is 2.45. The van der Waals surface area contributed by atoms with Gasteiger partial charge < -0.3 is 19.3 Å². The van der Waals surface area contributed by atoms with E-state index in [2.05, 4.69) is 24.3 Å². The Labute approximate surface area is 189 Å². The number of piperidine rings is 2. The van der Waals surface area contributed by atoms with Crippen LogP contribution in [0.15, 0.2) is 48.5 Å². The summed E-state index contributed by atoms with van der Waals surface area (Å²) in [5.74, 6) is 0.0478. The molecule has 2 atom stereocenters. The van der Waals surface area contributed by atoms with E-state index in [4.69, 9.17) is 9.47 Å². The van der Waals surface area contributed by atoms with E-state index in [1.807, 2.05) is 49.9 Å². The zero-order valence-electron chi connectivity index (χ0n) is 18.9. The Morgan fingerprint density at radius 1 is 0.844 bits per heavy atom. The minimum Gasteiger partial charge on any atom is -0.448 e. The molecule has 0 unspecified atom stereocenters. The van der Waals surface area contributed by atoms with Gasteiger partial charge in [-0.3, -0.25) is 0 Å². The maximum Gasteiger partial charge on any atom is 0.410 e. The number of rotatable bonds is 2. The van der Waals surface area contributed by atoms with E-state index in [-0.39, 0.29) is 30.2 Å². The van der Waals surface area contributed by atoms with Crippen LogP contribution in [0.25, 0.3) is 11.1 Å². The molecule has 0 aromatic heterocycles. The number of nitrogens with zero attached hydrogens (tertiary/aromatic N) is 2. The van der Waals surface area contributed by atoms with Crippen molar-refractivity contribution in [2.75, 3.05) is 19.7 Å². The van der Waals surface area contributed by atoms with Crippen LogP contribution in [-0.4, -0.2) is 59.4 Å². The molecular formula is C26H30N2O4. The third kappa shape index (κ3) is 3.72. The van der Waals surface area contributed by atoms with Crippen LogP contribution in [0.4, 0.5) is 9.59 Å². The molecule has 3 heterocycles. The van der Waals surface area contributed by atoms with E-state index in [9.17, 15) is 9.59 Å². The zero-order chi connectivity index (χ0) is 22.5. The van der Waals surface area contributed by atoms with E-state index in [0.717, 1.165) is 12.8 Å². The second kappa shape index (κ2) is 7.84. The number of benzene rings is 2. The first-order valence-corrected chi connectivity index (χ1v) is 11.4. The number of piperazine rings is 1. The minimum atomic E-state index is -0.528. The third-order valence-corrected chi connectivity index (χ3v) is 6.73. The van der Waals surface area contributed by atoms with Crippen molar-refractivity contribution in [1.82, 2.24) is 9.80 Å². The summed E-state index contributed by atoms with van der Waals surface area (Å²) in [5, 5.41) is 0. The molecule has 0 radical (unpaired) electrons. The van der Waals surface area contributed by atoms with Gasteiger partial charge in [-0.25, -0.2) is 9.59 Å². The zero-order valence-corrected chi connectivity index (χ0v) is 18.9. The molecule has 4 aliphatic rings. The van der Waals surface area contributed by atoms with Crippen molar-refractivity contribution >= 4 is 12.2 Å². The lowest BCUT2D eigenvalue weighted by Crippen LogP contribution is -2.65. The first-order valence-electron chi connectivity index (χ1n) is 11.4. The quantitative estimate of drug-likeness (QED) is 0.666. The van der Waals surface area contributed by atoms with Gasteiger partial charge in [-0.05, 0) is 55.9 Å². The van der Waals surface area contributed by atoms with Crippen LogP contribution in [0.2, 0.25) is 0 Å². The summed E-state index contributed by atoms with van der Waals surface area (Å²) >= 11 is 0. The van der Waals surface area contributed by atoms with Gasteiger partial charge in [0.05, 0.1) is 12.1 Å². The van der Waals surface area contributed by atoms with E-state index in [1.165, 1.54) is 22.3 Å². The molecule has 2 bridgehead atoms. The van der Waals surface area contributed by atoms with Gasteiger partial charge in [0.1, 0.15) is 12.2 Å². The van der Waals surface area contributed by atoms with Crippen molar-refractivity contribution in [2.45, 2.75) is 57.2 Å². The molecule has 0 saturated carbocycles. The highest BCUT2D eigenvalue weighted by molar-refractivity contribution is 5.79. The average Bonchev–Trinajstić information content (AvgIpc) is 3.10. The third-order valence-electron chi connectivity index (χ3n) is 6.73. The molecule has 168 valence electrons. The number of hydrogen-bond donors (Lipinski definition) is 0. The summed E-state index contributed by atoms with van der Waals surface area (Å²) < 4.78 is 11.4. The Balaban J connectivity index is 1.25. The lowest BCUT2D eigenvalue weighted by Gasteiger charge is -2.50. The molecular weight excluding hydrogens is 404 g/mol. The monoisotopic (exact) mass is 434 g/mol. The molecule has 2 aromatic rings. The van der Waals surface area contributed by atoms with Crippen molar-refractivity contribution < 1.29 is 19.1 Å². The van der Waals surface area contributed by atoms with Crippen molar-refractivity contribution in [3.63, 3.8) is 0 Å². The van der Waals surface area contributed by atoms with Crippen LogP contribution in [-0.2, 0) is 9.47 Å². The summed E-state index contributed by atoms with van der Waals surface area (Å²) in [4.78, 5) is 29.2. The molecule has 6 heteroatoms. The molecule has 1 aliphatic carbocycles. The van der Waals surface area contributed by atoms with E-state index in [0.29, 0.717) is 19.7 Å². The van der Waals surface area contributed by atoms with Crippen LogP contribution < -0.4 is 0 Å². The van der Waals surface area contributed by atoms with Gasteiger partial charge in [-0.1, -0.05) is 48.5 Å². The Bertz CT molecular complexity index is 999. The summed E-state index contributed by atoms with van der Waals surface area (Å²) in [6, 6.07) is 16.6. The van der Waals surface area contributed by atoms with E-state index >= 15 is 0 Å². The highest BCUT2D eigenvalue weighted by Crippen LogP contribution is 2.44. The maximum absolute atomic E-state index is 13.0. The SMILES string of the molecule is CC(C)(C)OC(=O)N1C[C@H]2CC[C@@H]1CN2C(=O)OCC1c2ccccc2-c2ccccc21. The van der Waals surface area contributed by atoms with Crippen LogP contribution in [0, 0.1) is 0 Å². The number of amides is 2. The normalized spacial score (nSPS) is 21.8. The Morgan fingerprint density at radius 2 is 1.34 bits per heavy atom. The molecule has 32 heavy (non-hydrogen) atoms. The first-order chi connectivity index (χ1) is 15.3. The number of carbonyl (C=O) groups excluding carboxylic acids is 2. The van der Waals surface area contributed by atoms with Gasteiger partial charge in [0.15, 0.2) is 0 Å². The largest absolute Gasteiger partial charge is 0.448 e. The molecule has 0 spiro atoms. The predicted molar refractivity (Wildman–Crippen MR) is 122 cm³/mol. The van der Waals surface area contributed by atoms with Gasteiger partial charge in [-0.2, -0.15) is 0 Å². The first kappa shape index (κ1) is 20.9. The fourth-order valence-electron chi connectivity index (χ4n) is 5.27. The number of hydrogen-bond acceptors (Lipinski definition) is 4. The molecule has 6 rings (SSSR count). The summed E-state index contributed by atoms with van der Waals surface area (Å²) in [6.07, 6.45) is 1.19. The lowest BCUT2D eigenvalue weighted by molar-refractivity contribution is -0.0393. The number of ether oxygens (including phenoxy) is 2. The van der Waals surface area contributed by atoms with Crippen LogP contribution in [0.3, 0.4) is 0 Å². The summed E-state index contributed by atoms with van der Waals surface area (Å²) in [6.45, 7) is 6.93. The Kier molecular flexibility index (Phi) is 5.11. The van der Waals surface area contributed by atoms with Crippen molar-refractivity contribution in [3.05, 3.63) is 59.7 Å². The molecule has 3 aliphatic heterocycles. The predicted octanol–water partition coefficient (Wildman–Crippen LogP) is 5.02. The van der Waals surface area contributed by atoms with Crippen LogP contribution in [0.5, 0.6) is 0 Å². The molecule has 2 aromatic carbocycles. The Morgan fingerprint density at radius 3 is 1.84 bits per heavy atom. The maximum atomic E-state index is 13.0. The second-order valence-corrected chi connectivity index (χ2v) is 9.97. The summed E-state index contributed by atoms with van der Waals surface area (Å²) in [5.41, 5.74) is 4.32. The van der Waals surface area contributed by atoms with E-state index < -0.39 is 5.60 Å². The average molecular weight is 435 g/mol. The fraction of sp³-hybridized carbons (Fsp3) is 0.462. The fourth-order valence-corrected chi connectivity index (χ4v) is 5.27. The van der Waals surface area contributed by atoms with Crippen molar-refractivity contribution in [1.29, 1.82) is 0 Å². The van der Waals surface area contributed by atoms with Crippen molar-refractivity contribution in [3.8, 4) is 11.1 Å². The highest BCUT2D eigenvalue weighted by atomic mass is 16.6. The number of fused-ring (bicyclic) bond motifs is 6. The van der Waals surface area contributed by atoms with Gasteiger partial charge >= 0.3 is 12.2 Å². The topological polar surface area (TPSA) is 59.1 Å². The van der Waals surface area contributed by atoms with Gasteiger partial charge in [0, 0.05) is 19.0 Å². The van der Waals surface area contributed by atoms with Crippen molar-refractivity contribution in [2.24, 2.45) is 0 Å². The molecule has 3 fully saturated rings. The second-order valence-electron chi connectivity index (χ2n) is 9.97. The molecule has 6 nitrogen and oxygen atoms in total. The van der Waals surface area contributed by atoms with Gasteiger partial charge in [0.2, 0.25) is 0 Å². The standard InChI is InChI=1S/C26H30N2O4/c1-26(2,3)32-25(30)28-15-17-12-13-18(28)14-27(17)24(29)31-16-23-21-10-6-4-8-19(21)20-9-5-7-11-22(20)23/h4-11,17-18,23H,12-16H2,1-3H3/t17-,18-/m1/s1. The molecule has 3 saturated heterocycles. The Hall–Kier alpha value is -3.02. The minimum absolute atomic E-state index is 0.0182. The number of carbonyl (C=O) groups is 2. The smallest absolute Gasteiger partial charge is 0.410 e. The van der Waals surface area contributed by atoms with Gasteiger partial charge in [-0.15, -0.1) is 0 Å². The molecule has 0 N–H and O–H groups in total.